The molecule has 2 aliphatic heterocycles. The van der Waals surface area contributed by atoms with Crippen molar-refractivity contribution in [3.05, 3.63) is 42.1 Å². The van der Waals surface area contributed by atoms with E-state index in [-0.39, 0.29) is 24.0 Å². The van der Waals surface area contributed by atoms with Crippen LogP contribution in [0.2, 0.25) is 0 Å². The third-order valence-electron chi connectivity index (χ3n) is 4.65. The molecule has 0 unspecified atom stereocenters. The van der Waals surface area contributed by atoms with Crippen molar-refractivity contribution >= 4 is 35.0 Å². The zero-order valence-electron chi connectivity index (χ0n) is 15.3. The molecule has 0 radical (unpaired) electrons. The fraction of sp³-hybridized carbons (Fsp3) is 0.350. The van der Waals surface area contributed by atoms with Gasteiger partial charge < -0.3 is 15.0 Å². The van der Waals surface area contributed by atoms with Gasteiger partial charge >= 0.3 is 0 Å². The predicted molar refractivity (Wildman–Crippen MR) is 104 cm³/mol. The number of amides is 2. The van der Waals surface area contributed by atoms with Crippen molar-refractivity contribution in [3.63, 3.8) is 0 Å². The Morgan fingerprint density at radius 1 is 1.37 bits per heavy atom. The van der Waals surface area contributed by atoms with Crippen molar-refractivity contribution < 1.29 is 14.3 Å². The number of hydrogen-bond acceptors (Lipinski definition) is 5. The van der Waals surface area contributed by atoms with E-state index in [0.717, 1.165) is 23.4 Å². The largest absolute Gasteiger partial charge is 0.368 e. The first kappa shape index (κ1) is 18.0. The molecular weight excluding hydrogens is 362 g/mol. The third kappa shape index (κ3) is 3.44. The molecule has 2 aromatic rings. The van der Waals surface area contributed by atoms with Gasteiger partial charge in [0.25, 0.3) is 11.8 Å². The summed E-state index contributed by atoms with van der Waals surface area (Å²) >= 11 is 1.45. The maximum absolute atomic E-state index is 13.1. The molecule has 2 amide bonds. The van der Waals surface area contributed by atoms with E-state index in [4.69, 9.17) is 4.74 Å². The monoisotopic (exact) mass is 383 g/mol. The third-order valence-corrected chi connectivity index (χ3v) is 5.72. The van der Waals surface area contributed by atoms with Gasteiger partial charge in [0, 0.05) is 29.4 Å². The average Bonchev–Trinajstić information content (AvgIpc) is 3.15. The zero-order chi connectivity index (χ0) is 19.0. The predicted octanol–water partition coefficient (Wildman–Crippen LogP) is 3.72. The van der Waals surface area contributed by atoms with Gasteiger partial charge in [-0.1, -0.05) is 11.8 Å². The fourth-order valence-electron chi connectivity index (χ4n) is 3.37. The summed E-state index contributed by atoms with van der Waals surface area (Å²) in [7, 11) is 0. The summed E-state index contributed by atoms with van der Waals surface area (Å²) in [6.07, 6.45) is 2.96. The summed E-state index contributed by atoms with van der Waals surface area (Å²) in [6.45, 7) is 4.60. The first-order valence-electron chi connectivity index (χ1n) is 9.07. The number of hydrogen-bond donors (Lipinski definition) is 1. The molecule has 1 N–H and O–H groups in total. The molecule has 3 heterocycles. The van der Waals surface area contributed by atoms with Crippen LogP contribution < -0.4 is 10.2 Å². The lowest BCUT2D eigenvalue weighted by Gasteiger charge is -2.27. The summed E-state index contributed by atoms with van der Waals surface area (Å²) in [5, 5.41) is 3.61. The van der Waals surface area contributed by atoms with Crippen molar-refractivity contribution in [1.82, 2.24) is 4.98 Å². The Labute approximate surface area is 162 Å². The highest BCUT2D eigenvalue weighted by Crippen LogP contribution is 2.42. The number of ether oxygens (including phenoxy) is 1. The van der Waals surface area contributed by atoms with Gasteiger partial charge in [0.1, 0.15) is 11.1 Å². The molecule has 1 fully saturated rings. The van der Waals surface area contributed by atoms with Crippen LogP contribution in [0.25, 0.3) is 0 Å². The normalized spacial score (nSPS) is 18.9. The Morgan fingerprint density at radius 2 is 2.22 bits per heavy atom. The van der Waals surface area contributed by atoms with Gasteiger partial charge in [0.15, 0.2) is 0 Å². The van der Waals surface area contributed by atoms with E-state index in [2.05, 4.69) is 10.3 Å². The fourth-order valence-corrected chi connectivity index (χ4v) is 4.41. The minimum atomic E-state index is -0.382. The Morgan fingerprint density at radius 3 is 2.96 bits per heavy atom. The molecule has 6 nitrogen and oxygen atoms in total. The van der Waals surface area contributed by atoms with Crippen molar-refractivity contribution in [2.24, 2.45) is 0 Å². The number of nitrogens with one attached hydrogen (secondary N) is 1. The SMILES string of the molecule is CC(C)N1C(=O)c2cccnc2Sc2cc(NC(=O)[C@H]3CCCO3)ccc21. The lowest BCUT2D eigenvalue weighted by molar-refractivity contribution is -0.124. The van der Waals surface area contributed by atoms with E-state index in [9.17, 15) is 9.59 Å². The van der Waals surface area contributed by atoms with Gasteiger partial charge in [0.2, 0.25) is 0 Å². The number of carbonyl (C=O) groups excluding carboxylic acids is 2. The van der Waals surface area contributed by atoms with E-state index in [1.807, 2.05) is 32.0 Å². The van der Waals surface area contributed by atoms with Crippen LogP contribution in [-0.4, -0.2) is 35.6 Å². The van der Waals surface area contributed by atoms with Crippen molar-refractivity contribution in [2.45, 2.75) is 48.8 Å². The van der Waals surface area contributed by atoms with E-state index >= 15 is 0 Å². The Hall–Kier alpha value is -2.38. The zero-order valence-corrected chi connectivity index (χ0v) is 16.1. The van der Waals surface area contributed by atoms with E-state index in [1.165, 1.54) is 11.8 Å². The average molecular weight is 383 g/mol. The summed E-state index contributed by atoms with van der Waals surface area (Å²) in [5.74, 6) is -0.183. The van der Waals surface area contributed by atoms with Crippen LogP contribution in [0.5, 0.6) is 0 Å². The number of rotatable bonds is 3. The van der Waals surface area contributed by atoms with Crippen LogP contribution in [0, 0.1) is 0 Å². The topological polar surface area (TPSA) is 71.5 Å². The maximum atomic E-state index is 13.1. The van der Waals surface area contributed by atoms with E-state index in [0.29, 0.717) is 22.9 Å². The van der Waals surface area contributed by atoms with Gasteiger partial charge in [-0.25, -0.2) is 4.98 Å². The molecular formula is C20H21N3O3S. The molecule has 0 saturated carbocycles. The molecule has 1 atom stereocenters. The van der Waals surface area contributed by atoms with Crippen LogP contribution in [0.3, 0.4) is 0 Å². The minimum absolute atomic E-state index is 0.00432. The highest BCUT2D eigenvalue weighted by molar-refractivity contribution is 7.99. The summed E-state index contributed by atoms with van der Waals surface area (Å²) in [4.78, 5) is 32.5. The molecule has 0 aliphatic carbocycles. The Bertz CT molecular complexity index is 894. The molecule has 1 aromatic heterocycles. The standard InChI is InChI=1S/C20H21N3O3S/c1-12(2)23-15-8-7-13(22-18(24)16-6-4-10-26-16)11-17(15)27-19-14(20(23)25)5-3-9-21-19/h3,5,7-9,11-12,16H,4,6,10H2,1-2H3,(H,22,24)/t16-/m1/s1. The summed E-state index contributed by atoms with van der Waals surface area (Å²) in [5.41, 5.74) is 2.11. The van der Waals surface area contributed by atoms with Gasteiger partial charge in [-0.05, 0) is 57.0 Å². The first-order valence-corrected chi connectivity index (χ1v) is 9.89. The van der Waals surface area contributed by atoms with Crippen molar-refractivity contribution in [2.75, 3.05) is 16.8 Å². The second-order valence-corrected chi connectivity index (χ2v) is 7.93. The second kappa shape index (κ2) is 7.32. The second-order valence-electron chi connectivity index (χ2n) is 6.90. The van der Waals surface area contributed by atoms with Crippen LogP contribution >= 0.6 is 11.8 Å². The molecule has 4 rings (SSSR count). The number of carbonyl (C=O) groups is 2. The van der Waals surface area contributed by atoms with Crippen LogP contribution in [0.4, 0.5) is 11.4 Å². The van der Waals surface area contributed by atoms with Crippen LogP contribution in [0.1, 0.15) is 37.0 Å². The molecule has 0 bridgehead atoms. The maximum Gasteiger partial charge on any atom is 0.261 e. The Kier molecular flexibility index (Phi) is 4.88. The molecule has 1 saturated heterocycles. The minimum Gasteiger partial charge on any atom is -0.368 e. The number of aromatic nitrogens is 1. The summed E-state index contributed by atoms with van der Waals surface area (Å²) in [6, 6.07) is 9.20. The number of fused-ring (bicyclic) bond motifs is 2. The van der Waals surface area contributed by atoms with Gasteiger partial charge in [-0.2, -0.15) is 0 Å². The molecule has 0 spiro atoms. The van der Waals surface area contributed by atoms with Crippen molar-refractivity contribution in [3.8, 4) is 0 Å². The van der Waals surface area contributed by atoms with Gasteiger partial charge in [-0.3, -0.25) is 9.59 Å². The summed E-state index contributed by atoms with van der Waals surface area (Å²) < 4.78 is 5.45. The quantitative estimate of drug-likeness (QED) is 0.875. The molecule has 1 aromatic carbocycles. The molecule has 2 aliphatic rings. The number of anilines is 2. The van der Waals surface area contributed by atoms with E-state index in [1.54, 1.807) is 23.2 Å². The highest BCUT2D eigenvalue weighted by atomic mass is 32.2. The Balaban J connectivity index is 1.70. The lowest BCUT2D eigenvalue weighted by Crippen LogP contribution is -2.37. The van der Waals surface area contributed by atoms with Crippen LogP contribution in [0.15, 0.2) is 46.5 Å². The molecule has 7 heteroatoms. The highest BCUT2D eigenvalue weighted by Gasteiger charge is 2.30. The molecule has 140 valence electrons. The van der Waals surface area contributed by atoms with Crippen molar-refractivity contribution in [1.29, 1.82) is 0 Å². The van der Waals surface area contributed by atoms with Gasteiger partial charge in [-0.15, -0.1) is 0 Å². The smallest absolute Gasteiger partial charge is 0.261 e. The first-order chi connectivity index (χ1) is 13.0. The molecule has 27 heavy (non-hydrogen) atoms. The lowest BCUT2D eigenvalue weighted by atomic mass is 10.1. The van der Waals surface area contributed by atoms with E-state index < -0.39 is 0 Å². The number of pyridine rings is 1. The van der Waals surface area contributed by atoms with Gasteiger partial charge in [0.05, 0.1) is 11.3 Å². The van der Waals surface area contributed by atoms with Crippen LogP contribution in [-0.2, 0) is 9.53 Å². The number of benzene rings is 1. The number of nitrogens with zero attached hydrogens (tertiary/aromatic N) is 2.